The number of nitrogens with zero attached hydrogens (tertiary/aromatic N) is 2. The van der Waals surface area contributed by atoms with Crippen LogP contribution >= 0.6 is 54.2 Å². The van der Waals surface area contributed by atoms with Crippen LogP contribution in [-0.4, -0.2) is 44.1 Å². The summed E-state index contributed by atoms with van der Waals surface area (Å²) in [7, 11) is -5.03. The summed E-state index contributed by atoms with van der Waals surface area (Å²) >= 11 is 24.6. The van der Waals surface area contributed by atoms with Gasteiger partial charge in [-0.2, -0.15) is 4.57 Å². The minimum Gasteiger partial charge on any atom is -0.476 e. The third-order valence-corrected chi connectivity index (χ3v) is 9.93. The minimum absolute atomic E-state index is 0.0851. The number of amides is 1. The molecule has 2 heterocycles. The lowest BCUT2D eigenvalue weighted by Crippen LogP contribution is -2.66. The number of phosphoric acid groups is 1. The van der Waals surface area contributed by atoms with Crippen LogP contribution in [0.15, 0.2) is 72.1 Å². The van der Waals surface area contributed by atoms with Crippen molar-refractivity contribution in [1.29, 1.82) is 0 Å². The second kappa shape index (κ2) is 12.6. The van der Waals surface area contributed by atoms with E-state index in [-0.39, 0.29) is 43.7 Å². The molecule has 1 fully saturated rings. The first-order chi connectivity index (χ1) is 21.5. The van der Waals surface area contributed by atoms with Crippen LogP contribution < -0.4 is 9.05 Å². The molecule has 0 spiro atoms. The quantitative estimate of drug-likeness (QED) is 0.0870. The highest BCUT2D eigenvalue weighted by molar-refractivity contribution is 7.49. The molecule has 0 bridgehead atoms. The first kappa shape index (κ1) is 33.8. The molecule has 242 valence electrons. The first-order valence-electron chi connectivity index (χ1n) is 13.4. The van der Waals surface area contributed by atoms with Gasteiger partial charge in [0.1, 0.15) is 5.76 Å². The zero-order valence-electron chi connectivity index (χ0n) is 23.7. The summed E-state index contributed by atoms with van der Waals surface area (Å²) in [5, 5.41) is 32.4. The maximum absolute atomic E-state index is 14.6. The summed E-state index contributed by atoms with van der Waals surface area (Å²) in [5.74, 6) is -4.29. The number of rotatable bonds is 11. The summed E-state index contributed by atoms with van der Waals surface area (Å²) in [5.41, 5.74) is -1.88. The van der Waals surface area contributed by atoms with E-state index < -0.39 is 59.6 Å². The Morgan fingerprint density at radius 3 is 1.96 bits per heavy atom. The molecule has 0 unspecified atom stereocenters. The fourth-order valence-corrected chi connectivity index (χ4v) is 8.06. The monoisotopic (exact) mass is 730 g/mol. The van der Waals surface area contributed by atoms with Crippen molar-refractivity contribution < 1.29 is 42.9 Å². The highest BCUT2D eigenvalue weighted by Gasteiger charge is 2.68. The van der Waals surface area contributed by atoms with Crippen molar-refractivity contribution in [1.82, 2.24) is 4.90 Å². The Morgan fingerprint density at radius 1 is 1.00 bits per heavy atom. The number of nitro groups is 1. The van der Waals surface area contributed by atoms with Gasteiger partial charge in [0, 0.05) is 22.2 Å². The van der Waals surface area contributed by atoms with Gasteiger partial charge < -0.3 is 23.8 Å². The predicted molar refractivity (Wildman–Crippen MR) is 168 cm³/mol. The number of aliphatic hydroxyl groups excluding tert-OH is 1. The van der Waals surface area contributed by atoms with Crippen LogP contribution in [0.4, 0.5) is 5.69 Å². The van der Waals surface area contributed by atoms with Crippen molar-refractivity contribution >= 4 is 71.8 Å². The van der Waals surface area contributed by atoms with Crippen LogP contribution in [0.1, 0.15) is 19.4 Å². The number of hydrogen-bond donors (Lipinski definition) is 2. The van der Waals surface area contributed by atoms with E-state index in [1.54, 1.807) is 6.92 Å². The molecule has 0 aliphatic carbocycles. The lowest BCUT2D eigenvalue weighted by atomic mass is 9.67. The van der Waals surface area contributed by atoms with Crippen molar-refractivity contribution in [3.05, 3.63) is 108 Å². The average Bonchev–Trinajstić information content (AvgIpc) is 3.16. The van der Waals surface area contributed by atoms with Gasteiger partial charge in [-0.1, -0.05) is 65.5 Å². The smallest absolute Gasteiger partial charge is 0.476 e. The second-order valence-electron chi connectivity index (χ2n) is 10.8. The number of fused-ring (bicyclic) bond motifs is 1. The van der Waals surface area contributed by atoms with E-state index in [0.717, 1.165) is 4.90 Å². The number of hydrogen-bond acceptors (Lipinski definition) is 9. The summed E-state index contributed by atoms with van der Waals surface area (Å²) in [6, 6.07) is 12.4. The van der Waals surface area contributed by atoms with Gasteiger partial charge >= 0.3 is 13.8 Å². The number of nitro benzene ring substituents is 1. The molecule has 4 atom stereocenters. The molecule has 12 nitrogen and oxygen atoms in total. The van der Waals surface area contributed by atoms with Crippen LogP contribution in [0, 0.1) is 21.4 Å². The number of benzene rings is 3. The van der Waals surface area contributed by atoms with E-state index in [1.165, 1.54) is 67.6 Å². The van der Waals surface area contributed by atoms with E-state index in [2.05, 4.69) is 0 Å². The minimum atomic E-state index is -5.03. The lowest BCUT2D eigenvalue weighted by molar-refractivity contribution is -0.384. The number of carbonyl (C=O) groups is 2. The second-order valence-corrected chi connectivity index (χ2v) is 13.9. The third kappa shape index (κ3) is 6.25. The van der Waals surface area contributed by atoms with Gasteiger partial charge in [0.2, 0.25) is 5.91 Å². The first-order valence-corrected chi connectivity index (χ1v) is 16.3. The Labute approximate surface area is 281 Å². The van der Waals surface area contributed by atoms with Gasteiger partial charge in [-0.3, -0.25) is 19.8 Å². The van der Waals surface area contributed by atoms with E-state index in [4.69, 9.17) is 60.0 Å². The summed E-state index contributed by atoms with van der Waals surface area (Å²) in [6.07, 6.45) is -1.29. The molecular weight excluding hydrogens is 709 g/mol. The summed E-state index contributed by atoms with van der Waals surface area (Å²) < 4.78 is 32.1. The zero-order chi connectivity index (χ0) is 33.7. The van der Waals surface area contributed by atoms with Crippen LogP contribution in [-0.2, 0) is 25.1 Å². The molecule has 1 amide bonds. The fourth-order valence-electron chi connectivity index (χ4n) is 5.63. The summed E-state index contributed by atoms with van der Waals surface area (Å²) in [4.78, 5) is 37.6. The predicted octanol–water partition coefficient (Wildman–Crippen LogP) is 7.56. The van der Waals surface area contributed by atoms with E-state index in [9.17, 15) is 34.5 Å². The Kier molecular flexibility index (Phi) is 9.27. The topological polar surface area (TPSA) is 166 Å². The van der Waals surface area contributed by atoms with Gasteiger partial charge in [0.05, 0.1) is 38.4 Å². The van der Waals surface area contributed by atoms with Crippen LogP contribution in [0.25, 0.3) is 0 Å². The van der Waals surface area contributed by atoms with Crippen molar-refractivity contribution in [2.24, 2.45) is 11.3 Å². The molecule has 0 aromatic heterocycles. The molecule has 1 saturated heterocycles. The lowest BCUT2D eigenvalue weighted by Gasteiger charge is -2.50. The molecule has 17 heteroatoms. The highest BCUT2D eigenvalue weighted by Crippen LogP contribution is 2.62. The number of carbonyl (C=O) groups excluding carboxylic acids is 1. The normalized spacial score (nSPS) is 21.4. The number of carboxylic acids is 1. The molecular formula is C29H23Cl4N2O10P. The van der Waals surface area contributed by atoms with Crippen LogP contribution in [0.2, 0.25) is 20.1 Å². The molecule has 3 aromatic carbocycles. The molecule has 2 aliphatic rings. The Bertz CT molecular complexity index is 1780. The Morgan fingerprint density at radius 2 is 1.52 bits per heavy atom. The highest BCUT2D eigenvalue weighted by atomic mass is 35.5. The average molecular weight is 732 g/mol. The third-order valence-electron chi connectivity index (χ3n) is 7.62. The number of carboxylic acid groups (broad SMARTS) is 1. The number of halogens is 4. The van der Waals surface area contributed by atoms with Crippen molar-refractivity contribution in [3.8, 4) is 11.5 Å². The summed E-state index contributed by atoms with van der Waals surface area (Å²) in [6.45, 7) is 2.93. The number of aliphatic carboxylic acids is 1. The number of β-lactam (4-membered cyclic amide) rings is 1. The van der Waals surface area contributed by atoms with Crippen LogP contribution in [0.3, 0.4) is 0 Å². The van der Waals surface area contributed by atoms with Gasteiger partial charge in [0.15, 0.2) is 17.2 Å². The molecule has 3 aromatic rings. The molecule has 0 saturated carbocycles. The zero-order valence-corrected chi connectivity index (χ0v) is 27.6. The standard InChI is InChI=1S/C29H23Cl4N2O10P/c1-14(36)23-25-29(2,13-15-3-7-18(8-4-15)35(40)41)26(24(28(38)39)34(25)27(23)37)45-46(42,43-21-9-5-16(30)11-19(21)32)44-22-10-6-17(31)12-20(22)33/h3-12,14,23,25,36H,13H2,1-2H3,(H,38,39)/t14-,23-,25+,29-/m1/s1. The Balaban J connectivity index is 1.66. The van der Waals surface area contributed by atoms with E-state index >= 15 is 0 Å². The SMILES string of the molecule is C[C@@H](O)[C@H]1C(=O)N2C(C(=O)O)=C(OP(=O)(Oc3ccc(Cl)cc3Cl)Oc3ccc(Cl)cc3Cl)[C@](C)(Cc3ccc([N+](=O)[O-])cc3)[C@H]12. The molecule has 2 aliphatic heterocycles. The Hall–Kier alpha value is -3.51. The maximum atomic E-state index is 14.6. The molecule has 0 radical (unpaired) electrons. The van der Waals surface area contributed by atoms with Gasteiger partial charge in [-0.25, -0.2) is 4.79 Å². The van der Waals surface area contributed by atoms with E-state index in [0.29, 0.717) is 5.56 Å². The van der Waals surface area contributed by atoms with Gasteiger partial charge in [-0.15, -0.1) is 0 Å². The molecule has 2 N–H and O–H groups in total. The number of phosphoric ester groups is 1. The largest absolute Gasteiger partial charge is 0.646 e. The fraction of sp³-hybridized carbons (Fsp3) is 0.241. The van der Waals surface area contributed by atoms with Gasteiger partial charge in [-0.05, 0) is 55.3 Å². The number of aliphatic hydroxyl groups is 1. The van der Waals surface area contributed by atoms with E-state index in [1.807, 2.05) is 0 Å². The number of non-ortho nitro benzene ring substituents is 1. The molecule has 5 rings (SSSR count). The molecule has 46 heavy (non-hydrogen) atoms. The van der Waals surface area contributed by atoms with Crippen molar-refractivity contribution in [2.75, 3.05) is 0 Å². The van der Waals surface area contributed by atoms with Crippen molar-refractivity contribution in [2.45, 2.75) is 32.4 Å². The maximum Gasteiger partial charge on any atom is 0.646 e. The van der Waals surface area contributed by atoms with Gasteiger partial charge in [0.25, 0.3) is 5.69 Å². The van der Waals surface area contributed by atoms with Crippen LogP contribution in [0.5, 0.6) is 11.5 Å². The van der Waals surface area contributed by atoms with Crippen molar-refractivity contribution in [3.63, 3.8) is 0 Å².